The van der Waals surface area contributed by atoms with Crippen LogP contribution in [0.2, 0.25) is 0 Å². The van der Waals surface area contributed by atoms with Crippen molar-refractivity contribution in [1.82, 2.24) is 5.32 Å². The van der Waals surface area contributed by atoms with Gasteiger partial charge in [-0.05, 0) is 31.1 Å². The van der Waals surface area contributed by atoms with Crippen LogP contribution in [0.5, 0.6) is 5.75 Å². The SMILES string of the molecule is CC/C=C1/C=CC(C(=O)NCc2ccccc2O)=C(O)C1=NCC. The Labute approximate surface area is 141 Å². The summed E-state index contributed by atoms with van der Waals surface area (Å²) >= 11 is 0. The van der Waals surface area contributed by atoms with Gasteiger partial charge in [-0.3, -0.25) is 9.79 Å². The van der Waals surface area contributed by atoms with Gasteiger partial charge in [-0.1, -0.05) is 37.3 Å². The van der Waals surface area contributed by atoms with Crippen LogP contribution in [0.15, 0.2) is 64.4 Å². The summed E-state index contributed by atoms with van der Waals surface area (Å²) in [5, 5.41) is 22.9. The number of phenolic OH excluding ortho intramolecular Hbond substituents is 1. The van der Waals surface area contributed by atoms with Gasteiger partial charge in [0.1, 0.15) is 11.5 Å². The summed E-state index contributed by atoms with van der Waals surface area (Å²) in [5.74, 6) is -0.406. The maximum absolute atomic E-state index is 12.4. The molecule has 1 aliphatic rings. The van der Waals surface area contributed by atoms with Crippen molar-refractivity contribution >= 4 is 11.6 Å². The summed E-state index contributed by atoms with van der Waals surface area (Å²) < 4.78 is 0. The van der Waals surface area contributed by atoms with Crippen molar-refractivity contribution in [1.29, 1.82) is 0 Å². The maximum Gasteiger partial charge on any atom is 0.255 e. The molecule has 0 aromatic heterocycles. The van der Waals surface area contributed by atoms with Gasteiger partial charge in [0, 0.05) is 18.7 Å². The summed E-state index contributed by atoms with van der Waals surface area (Å²) in [7, 11) is 0. The third-order valence-electron chi connectivity index (χ3n) is 3.60. The molecule has 0 fully saturated rings. The number of amides is 1. The first-order valence-corrected chi connectivity index (χ1v) is 8.00. The Morgan fingerprint density at radius 3 is 2.62 bits per heavy atom. The molecule has 0 radical (unpaired) electrons. The number of hydrogen-bond acceptors (Lipinski definition) is 4. The minimum Gasteiger partial charge on any atom is -0.508 e. The fourth-order valence-corrected chi connectivity index (χ4v) is 2.42. The van der Waals surface area contributed by atoms with Crippen molar-refractivity contribution in [3.05, 3.63) is 65.0 Å². The van der Waals surface area contributed by atoms with Crippen LogP contribution < -0.4 is 5.32 Å². The van der Waals surface area contributed by atoms with Crippen LogP contribution in [0, 0.1) is 0 Å². The summed E-state index contributed by atoms with van der Waals surface area (Å²) in [6.07, 6.45) is 6.14. The van der Waals surface area contributed by atoms with Gasteiger partial charge in [0.15, 0.2) is 5.76 Å². The zero-order valence-electron chi connectivity index (χ0n) is 13.9. The highest BCUT2D eigenvalue weighted by atomic mass is 16.3. The third-order valence-corrected chi connectivity index (χ3v) is 3.60. The van der Waals surface area contributed by atoms with E-state index in [1.165, 1.54) is 0 Å². The molecular formula is C19H22N2O3. The molecule has 3 N–H and O–H groups in total. The molecule has 5 nitrogen and oxygen atoms in total. The number of rotatable bonds is 5. The van der Waals surface area contributed by atoms with Crippen molar-refractivity contribution in [3.63, 3.8) is 0 Å². The van der Waals surface area contributed by atoms with Gasteiger partial charge >= 0.3 is 0 Å². The first kappa shape index (κ1) is 17.5. The van der Waals surface area contributed by atoms with Gasteiger partial charge in [-0.15, -0.1) is 0 Å². The molecule has 0 spiro atoms. The summed E-state index contributed by atoms with van der Waals surface area (Å²) in [5.41, 5.74) is 2.04. The topological polar surface area (TPSA) is 81.9 Å². The Kier molecular flexibility index (Phi) is 5.95. The van der Waals surface area contributed by atoms with Crippen LogP contribution in [-0.2, 0) is 11.3 Å². The van der Waals surface area contributed by atoms with Gasteiger partial charge in [0.2, 0.25) is 0 Å². The number of carbonyl (C=O) groups is 1. The van der Waals surface area contributed by atoms with Crippen molar-refractivity contribution in [2.24, 2.45) is 4.99 Å². The average molecular weight is 326 g/mol. The number of carbonyl (C=O) groups excluding carboxylic acids is 1. The Balaban J connectivity index is 2.20. The van der Waals surface area contributed by atoms with Gasteiger partial charge in [-0.25, -0.2) is 0 Å². The van der Waals surface area contributed by atoms with E-state index in [0.717, 1.165) is 12.0 Å². The van der Waals surface area contributed by atoms with Gasteiger partial charge in [0.25, 0.3) is 5.91 Å². The minimum atomic E-state index is -0.411. The quantitative estimate of drug-likeness (QED) is 0.777. The molecule has 0 saturated heterocycles. The number of benzene rings is 1. The molecule has 0 aliphatic heterocycles. The molecule has 0 unspecified atom stereocenters. The summed E-state index contributed by atoms with van der Waals surface area (Å²) in [4.78, 5) is 16.7. The predicted octanol–water partition coefficient (Wildman–Crippen LogP) is 3.19. The first-order chi connectivity index (χ1) is 11.6. The number of nitrogens with zero attached hydrogens (tertiary/aromatic N) is 1. The Morgan fingerprint density at radius 2 is 1.96 bits per heavy atom. The second-order valence-electron chi connectivity index (χ2n) is 5.30. The molecule has 2 rings (SSSR count). The smallest absolute Gasteiger partial charge is 0.255 e. The van der Waals surface area contributed by atoms with E-state index in [0.29, 0.717) is 17.8 Å². The number of aliphatic hydroxyl groups is 1. The van der Waals surface area contributed by atoms with E-state index in [9.17, 15) is 15.0 Å². The number of aliphatic imine (C=N–C) groups is 1. The van der Waals surface area contributed by atoms with Crippen LogP contribution >= 0.6 is 0 Å². The maximum atomic E-state index is 12.4. The predicted molar refractivity (Wildman–Crippen MR) is 95.1 cm³/mol. The standard InChI is InChI=1S/C19H22N2O3/c1-3-7-13-10-11-15(18(23)17(13)20-4-2)19(24)21-12-14-8-5-6-9-16(14)22/h5-11,22-23H,3-4,12H2,1-2H3,(H,21,24)/b13-7-,20-17?. The zero-order chi connectivity index (χ0) is 17.5. The highest BCUT2D eigenvalue weighted by Gasteiger charge is 2.22. The highest BCUT2D eigenvalue weighted by molar-refractivity contribution is 6.18. The van der Waals surface area contributed by atoms with Gasteiger partial charge < -0.3 is 15.5 Å². The van der Waals surface area contributed by atoms with Crippen LogP contribution in [0.25, 0.3) is 0 Å². The number of allylic oxidation sites excluding steroid dienone is 3. The van der Waals surface area contributed by atoms with E-state index in [1.807, 2.05) is 19.9 Å². The normalized spacial score (nSPS) is 17.6. The number of hydrogen-bond donors (Lipinski definition) is 3. The lowest BCUT2D eigenvalue weighted by Crippen LogP contribution is -2.27. The molecular weight excluding hydrogens is 304 g/mol. The second-order valence-corrected chi connectivity index (χ2v) is 5.30. The number of phenols is 1. The molecule has 1 aromatic rings. The Morgan fingerprint density at radius 1 is 1.21 bits per heavy atom. The molecule has 0 heterocycles. The molecule has 0 atom stereocenters. The second kappa shape index (κ2) is 8.15. The number of nitrogens with one attached hydrogen (secondary N) is 1. The highest BCUT2D eigenvalue weighted by Crippen LogP contribution is 2.21. The lowest BCUT2D eigenvalue weighted by Gasteiger charge is -2.16. The fraction of sp³-hybridized carbons (Fsp3) is 0.263. The number of aliphatic hydroxyl groups excluding tert-OH is 1. The van der Waals surface area contributed by atoms with Crippen molar-refractivity contribution in [2.75, 3.05) is 6.54 Å². The summed E-state index contributed by atoms with van der Waals surface area (Å²) in [6, 6.07) is 6.79. The Hall–Kier alpha value is -2.82. The van der Waals surface area contributed by atoms with Crippen molar-refractivity contribution < 1.29 is 15.0 Å². The van der Waals surface area contributed by atoms with Crippen LogP contribution in [-0.4, -0.2) is 28.4 Å². The van der Waals surface area contributed by atoms with E-state index < -0.39 is 5.91 Å². The fourth-order valence-electron chi connectivity index (χ4n) is 2.42. The Bertz CT molecular complexity index is 743. The van der Waals surface area contributed by atoms with Crippen LogP contribution in [0.1, 0.15) is 25.8 Å². The molecule has 5 heteroatoms. The van der Waals surface area contributed by atoms with Crippen LogP contribution in [0.3, 0.4) is 0 Å². The van der Waals surface area contributed by atoms with E-state index in [2.05, 4.69) is 10.3 Å². The molecule has 0 saturated carbocycles. The van der Waals surface area contributed by atoms with E-state index in [4.69, 9.17) is 0 Å². The molecule has 1 amide bonds. The molecule has 126 valence electrons. The number of aromatic hydroxyl groups is 1. The minimum absolute atomic E-state index is 0.117. The van der Waals surface area contributed by atoms with Crippen LogP contribution in [0.4, 0.5) is 0 Å². The van der Waals surface area contributed by atoms with Gasteiger partial charge in [0.05, 0.1) is 5.57 Å². The van der Waals surface area contributed by atoms with E-state index >= 15 is 0 Å². The lowest BCUT2D eigenvalue weighted by atomic mass is 9.96. The lowest BCUT2D eigenvalue weighted by molar-refractivity contribution is -0.117. The first-order valence-electron chi connectivity index (χ1n) is 8.00. The molecule has 24 heavy (non-hydrogen) atoms. The third kappa shape index (κ3) is 3.93. The molecule has 1 aliphatic carbocycles. The monoisotopic (exact) mass is 326 g/mol. The molecule has 1 aromatic carbocycles. The van der Waals surface area contributed by atoms with Crippen molar-refractivity contribution in [3.8, 4) is 5.75 Å². The zero-order valence-corrected chi connectivity index (χ0v) is 13.9. The summed E-state index contributed by atoms with van der Waals surface area (Å²) in [6.45, 7) is 4.56. The number of para-hydroxylation sites is 1. The van der Waals surface area contributed by atoms with Gasteiger partial charge in [-0.2, -0.15) is 0 Å². The largest absolute Gasteiger partial charge is 0.508 e. The van der Waals surface area contributed by atoms with E-state index in [-0.39, 0.29) is 23.6 Å². The molecule has 0 bridgehead atoms. The average Bonchev–Trinajstić information content (AvgIpc) is 2.57. The van der Waals surface area contributed by atoms with E-state index in [1.54, 1.807) is 36.4 Å². The van der Waals surface area contributed by atoms with Crippen molar-refractivity contribution in [2.45, 2.75) is 26.8 Å².